The Morgan fingerprint density at radius 2 is 1.93 bits per heavy atom. The van der Waals surface area contributed by atoms with E-state index in [0.717, 1.165) is 4.57 Å². The van der Waals surface area contributed by atoms with Gasteiger partial charge in [-0.25, -0.2) is 13.8 Å². The lowest BCUT2D eigenvalue weighted by molar-refractivity contribution is -0.164. The number of halogens is 2. The molecule has 0 radical (unpaired) electrons. The van der Waals surface area contributed by atoms with E-state index < -0.39 is 70.9 Å². The Kier molecular flexibility index (Phi) is 10.2. The molecule has 0 spiro atoms. The Hall–Kier alpha value is -4.43. The van der Waals surface area contributed by atoms with E-state index in [-0.39, 0.29) is 43.6 Å². The Labute approximate surface area is 258 Å². The normalized spacial score (nSPS) is 22.5. The number of alkyl halides is 2. The number of aryl methyl sites for hydroxylation is 1. The summed E-state index contributed by atoms with van der Waals surface area (Å²) >= 11 is 0. The summed E-state index contributed by atoms with van der Waals surface area (Å²) in [5.41, 5.74) is -1.53. The molecule has 2 aromatic rings. The first-order chi connectivity index (χ1) is 21.3. The molecule has 4 atom stereocenters. The van der Waals surface area contributed by atoms with Crippen LogP contribution >= 0.6 is 0 Å². The molecule has 4 rings (SSSR count). The molecule has 2 aliphatic rings. The minimum atomic E-state index is -2.79. The molecule has 2 aromatic heterocycles. The molecular weight excluding hydrogens is 592 g/mol. The van der Waals surface area contributed by atoms with Crippen molar-refractivity contribution in [2.45, 2.75) is 82.8 Å². The number of hydrogen-bond donors (Lipinski definition) is 4. The second-order valence-electron chi connectivity index (χ2n) is 12.0. The number of nitrogens with one attached hydrogen (secondary N) is 4. The molecule has 0 aliphatic heterocycles. The summed E-state index contributed by atoms with van der Waals surface area (Å²) in [4.78, 5) is 80.5. The zero-order chi connectivity index (χ0) is 32.9. The number of pyridine rings is 1. The number of amides is 4. The van der Waals surface area contributed by atoms with Crippen molar-refractivity contribution in [3.05, 3.63) is 46.9 Å². The first kappa shape index (κ1) is 33.5. The second kappa shape index (κ2) is 13.7. The maximum atomic E-state index is 14.6. The highest BCUT2D eigenvalue weighted by Gasteiger charge is 2.56. The zero-order valence-corrected chi connectivity index (χ0v) is 25.5. The molecule has 4 amide bonds. The standard InChI is InChI=1S/C30H39F2N7O6/c1-4-34-27(44)23(40)10-9-20(35-26(43)22-15-33-17-38(22)3)25(42)36-21-8-6-12-39(28(21)45)16-24(41)37-29-11-5-7-19(14-29)30(31,32)18(2)13-29/h6,8,12,15,17-20H,4-5,7,9-11,13-14,16H2,1-3H3,(H,34,44)(H,35,43)(H,36,42)(H,37,41)/t18?,19?,20-,29?/m0/s1. The van der Waals surface area contributed by atoms with Gasteiger partial charge in [0.1, 0.15) is 24.0 Å². The summed E-state index contributed by atoms with van der Waals surface area (Å²) in [6.45, 7) is 2.98. The summed E-state index contributed by atoms with van der Waals surface area (Å²) in [5.74, 6) is -8.08. The largest absolute Gasteiger partial charge is 0.350 e. The van der Waals surface area contributed by atoms with Crippen LogP contribution in [0.15, 0.2) is 35.6 Å². The molecule has 3 unspecified atom stereocenters. The third-order valence-electron chi connectivity index (χ3n) is 8.66. The Bertz CT molecular complexity index is 1520. The maximum absolute atomic E-state index is 14.6. The Morgan fingerprint density at radius 1 is 1.18 bits per heavy atom. The van der Waals surface area contributed by atoms with Crippen LogP contribution in [0.1, 0.15) is 69.3 Å². The molecule has 2 fully saturated rings. The van der Waals surface area contributed by atoms with E-state index in [1.807, 2.05) is 0 Å². The van der Waals surface area contributed by atoms with Crippen LogP contribution in [0.2, 0.25) is 0 Å². The number of Topliss-reactive ketones (excluding diaryl/α,β-unsaturated/α-hetero) is 1. The van der Waals surface area contributed by atoms with Crippen molar-refractivity contribution in [2.75, 3.05) is 11.9 Å². The van der Waals surface area contributed by atoms with Crippen LogP contribution in [0, 0.1) is 11.8 Å². The molecule has 0 aromatic carbocycles. The van der Waals surface area contributed by atoms with E-state index in [2.05, 4.69) is 26.3 Å². The van der Waals surface area contributed by atoms with Gasteiger partial charge >= 0.3 is 0 Å². The van der Waals surface area contributed by atoms with Crippen LogP contribution in [0.25, 0.3) is 0 Å². The lowest BCUT2D eigenvalue weighted by Crippen LogP contribution is -2.60. The van der Waals surface area contributed by atoms with Gasteiger partial charge in [0, 0.05) is 43.6 Å². The van der Waals surface area contributed by atoms with E-state index in [0.29, 0.717) is 19.3 Å². The molecule has 13 nitrogen and oxygen atoms in total. The number of aromatic nitrogens is 3. The molecule has 15 heteroatoms. The van der Waals surface area contributed by atoms with E-state index in [4.69, 9.17) is 0 Å². The highest BCUT2D eigenvalue weighted by molar-refractivity contribution is 6.36. The monoisotopic (exact) mass is 631 g/mol. The lowest BCUT2D eigenvalue weighted by atomic mass is 9.62. The zero-order valence-electron chi connectivity index (χ0n) is 25.5. The van der Waals surface area contributed by atoms with Crippen LogP contribution in [0.3, 0.4) is 0 Å². The highest BCUT2D eigenvalue weighted by Crippen LogP contribution is 2.52. The van der Waals surface area contributed by atoms with Gasteiger partial charge in [0.25, 0.3) is 23.3 Å². The average Bonchev–Trinajstić information content (AvgIpc) is 3.42. The number of nitrogens with zero attached hydrogens (tertiary/aromatic N) is 3. The molecule has 45 heavy (non-hydrogen) atoms. The predicted molar refractivity (Wildman–Crippen MR) is 158 cm³/mol. The molecule has 244 valence electrons. The smallest absolute Gasteiger partial charge is 0.287 e. The van der Waals surface area contributed by atoms with Crippen LogP contribution in [-0.2, 0) is 32.8 Å². The summed E-state index contributed by atoms with van der Waals surface area (Å²) in [7, 11) is 1.58. The molecular formula is C30H39F2N7O6. The number of fused-ring (bicyclic) bond motifs is 2. The maximum Gasteiger partial charge on any atom is 0.287 e. The van der Waals surface area contributed by atoms with Gasteiger partial charge in [0.2, 0.25) is 17.6 Å². The van der Waals surface area contributed by atoms with Gasteiger partial charge in [0.05, 0.1) is 12.5 Å². The van der Waals surface area contributed by atoms with Crippen molar-refractivity contribution in [2.24, 2.45) is 18.9 Å². The van der Waals surface area contributed by atoms with Crippen molar-refractivity contribution in [3.63, 3.8) is 0 Å². The minimum Gasteiger partial charge on any atom is -0.350 e. The molecule has 0 saturated heterocycles. The van der Waals surface area contributed by atoms with E-state index in [9.17, 15) is 37.5 Å². The fourth-order valence-electron chi connectivity index (χ4n) is 6.36. The third kappa shape index (κ3) is 7.63. The summed E-state index contributed by atoms with van der Waals surface area (Å²) < 4.78 is 31.8. The number of hydrogen-bond acceptors (Lipinski definition) is 7. The van der Waals surface area contributed by atoms with Gasteiger partial charge in [-0.1, -0.05) is 13.3 Å². The van der Waals surface area contributed by atoms with Gasteiger partial charge in [-0.15, -0.1) is 0 Å². The van der Waals surface area contributed by atoms with Crippen LogP contribution < -0.4 is 26.8 Å². The quantitative estimate of drug-likeness (QED) is 0.257. The van der Waals surface area contributed by atoms with Gasteiger partial charge in [-0.2, -0.15) is 0 Å². The van der Waals surface area contributed by atoms with Gasteiger partial charge in [0.15, 0.2) is 0 Å². The van der Waals surface area contributed by atoms with Crippen molar-refractivity contribution in [1.82, 2.24) is 30.1 Å². The molecule has 4 N–H and O–H groups in total. The van der Waals surface area contributed by atoms with Gasteiger partial charge in [-0.05, 0) is 51.2 Å². The van der Waals surface area contributed by atoms with Crippen molar-refractivity contribution < 1.29 is 32.8 Å². The summed E-state index contributed by atoms with van der Waals surface area (Å²) in [6.07, 6.45) is 5.31. The average molecular weight is 632 g/mol. The van der Waals surface area contributed by atoms with Crippen molar-refractivity contribution in [3.8, 4) is 0 Å². The van der Waals surface area contributed by atoms with Crippen molar-refractivity contribution >= 4 is 35.1 Å². The van der Waals surface area contributed by atoms with Crippen LogP contribution in [0.5, 0.6) is 0 Å². The summed E-state index contributed by atoms with van der Waals surface area (Å²) in [5, 5.41) is 10.3. The molecule has 2 saturated carbocycles. The molecule has 2 bridgehead atoms. The highest BCUT2D eigenvalue weighted by atomic mass is 19.3. The minimum absolute atomic E-state index is 0.135. The van der Waals surface area contributed by atoms with Gasteiger partial charge in [-0.3, -0.25) is 28.8 Å². The number of anilines is 1. The predicted octanol–water partition coefficient (Wildman–Crippen LogP) is 1.52. The fraction of sp³-hybridized carbons (Fsp3) is 0.567. The summed E-state index contributed by atoms with van der Waals surface area (Å²) in [6, 6.07) is 1.46. The fourth-order valence-corrected chi connectivity index (χ4v) is 6.36. The van der Waals surface area contributed by atoms with E-state index in [1.54, 1.807) is 14.0 Å². The van der Waals surface area contributed by atoms with Gasteiger partial charge < -0.3 is 30.4 Å². The number of rotatable bonds is 12. The second-order valence-corrected chi connectivity index (χ2v) is 12.0. The number of ketones is 1. The van der Waals surface area contributed by atoms with Crippen molar-refractivity contribution in [1.29, 1.82) is 0 Å². The lowest BCUT2D eigenvalue weighted by Gasteiger charge is -2.51. The number of likely N-dealkylation sites (N-methyl/N-ethyl adjacent to an activating group) is 1. The van der Waals surface area contributed by atoms with Crippen LogP contribution in [0.4, 0.5) is 14.5 Å². The molecule has 2 aliphatic carbocycles. The first-order valence-electron chi connectivity index (χ1n) is 15.0. The molecule has 2 heterocycles. The Balaban J connectivity index is 1.46. The van der Waals surface area contributed by atoms with Crippen LogP contribution in [-0.4, -0.2) is 67.6 Å². The topological polar surface area (TPSA) is 173 Å². The van der Waals surface area contributed by atoms with E-state index in [1.165, 1.54) is 42.3 Å². The Morgan fingerprint density at radius 3 is 2.62 bits per heavy atom. The third-order valence-corrected chi connectivity index (χ3v) is 8.66. The number of imidazole rings is 1. The number of carbonyl (C=O) groups excluding carboxylic acids is 5. The van der Waals surface area contributed by atoms with E-state index >= 15 is 0 Å². The first-order valence-corrected chi connectivity index (χ1v) is 15.0. The number of carbonyl (C=O) groups is 5. The SMILES string of the molecule is CCNC(=O)C(=O)CC[C@H](NC(=O)c1cncn1C)C(=O)Nc1cccn(CC(=O)NC23CCCC(C2)C(F)(F)C(C)C3)c1=O.